The molecule has 19 heavy (non-hydrogen) atoms. The van der Waals surface area contributed by atoms with E-state index in [0.717, 1.165) is 28.2 Å². The average Bonchev–Trinajstić information content (AvgIpc) is 2.68. The third-order valence-corrected chi connectivity index (χ3v) is 5.24. The van der Waals surface area contributed by atoms with Crippen LogP contribution in [0.2, 0.25) is 0 Å². The number of carbonyl (C=O) groups is 1. The van der Waals surface area contributed by atoms with Crippen molar-refractivity contribution >= 4 is 45.6 Å². The van der Waals surface area contributed by atoms with Crippen molar-refractivity contribution in [3.8, 4) is 0 Å². The molecule has 1 unspecified atom stereocenters. The van der Waals surface area contributed by atoms with Crippen molar-refractivity contribution in [3.05, 3.63) is 20.8 Å². The van der Waals surface area contributed by atoms with Gasteiger partial charge in [-0.2, -0.15) is 0 Å². The van der Waals surface area contributed by atoms with Crippen LogP contribution >= 0.6 is 39.7 Å². The minimum absolute atomic E-state index is 0. The normalized spacial score (nSPS) is 21.9. The van der Waals surface area contributed by atoms with Gasteiger partial charge in [0, 0.05) is 24.0 Å². The van der Waals surface area contributed by atoms with Crippen LogP contribution in [0.4, 0.5) is 0 Å². The molecule has 2 rings (SSSR count). The highest BCUT2D eigenvalue weighted by Gasteiger charge is 2.35. The Morgan fingerprint density at radius 2 is 2.26 bits per heavy atom. The number of rotatable bonds is 2. The van der Waals surface area contributed by atoms with E-state index in [0.29, 0.717) is 6.42 Å². The Kier molecular flexibility index (Phi) is 5.86. The summed E-state index contributed by atoms with van der Waals surface area (Å²) in [5.41, 5.74) is 6.11. The lowest BCUT2D eigenvalue weighted by atomic mass is 9.79. The molecule has 1 fully saturated rings. The number of hydrogen-bond donors (Lipinski definition) is 1. The minimum atomic E-state index is 0. The number of nitrogens with two attached hydrogens (primary N) is 1. The van der Waals surface area contributed by atoms with Crippen LogP contribution in [-0.2, 0) is 11.2 Å². The molecular formula is C13H20BrClN2OS. The largest absolute Gasteiger partial charge is 0.342 e. The predicted molar refractivity (Wildman–Crippen MR) is 85.9 cm³/mol. The van der Waals surface area contributed by atoms with Crippen molar-refractivity contribution in [3.63, 3.8) is 0 Å². The van der Waals surface area contributed by atoms with Gasteiger partial charge in [0.25, 0.3) is 0 Å². The van der Waals surface area contributed by atoms with Crippen molar-refractivity contribution in [2.75, 3.05) is 13.1 Å². The van der Waals surface area contributed by atoms with Gasteiger partial charge in [0.2, 0.25) is 5.91 Å². The second-order valence-corrected chi connectivity index (χ2v) is 8.13. The Labute approximate surface area is 133 Å². The average molecular weight is 368 g/mol. The first-order valence-corrected chi connectivity index (χ1v) is 7.77. The molecule has 6 heteroatoms. The molecule has 1 aliphatic heterocycles. The zero-order valence-corrected chi connectivity index (χ0v) is 14.4. The first kappa shape index (κ1) is 17.0. The summed E-state index contributed by atoms with van der Waals surface area (Å²) >= 11 is 5.05. The summed E-state index contributed by atoms with van der Waals surface area (Å²) in [6.07, 6.45) is 1.40. The van der Waals surface area contributed by atoms with Gasteiger partial charge in [-0.15, -0.1) is 23.7 Å². The first-order valence-electron chi connectivity index (χ1n) is 6.16. The van der Waals surface area contributed by atoms with Gasteiger partial charge in [0.1, 0.15) is 0 Å². The molecule has 1 saturated heterocycles. The third-order valence-electron chi connectivity index (χ3n) is 3.62. The van der Waals surface area contributed by atoms with Crippen molar-refractivity contribution in [1.29, 1.82) is 0 Å². The van der Waals surface area contributed by atoms with Crippen LogP contribution in [0, 0.1) is 5.41 Å². The molecule has 1 aliphatic rings. The molecule has 2 heterocycles. The maximum Gasteiger partial charge on any atom is 0.227 e. The van der Waals surface area contributed by atoms with Crippen molar-refractivity contribution < 1.29 is 4.79 Å². The molecule has 108 valence electrons. The van der Waals surface area contributed by atoms with Gasteiger partial charge in [-0.1, -0.05) is 13.8 Å². The van der Waals surface area contributed by atoms with Gasteiger partial charge >= 0.3 is 0 Å². The number of piperidine rings is 1. The molecule has 0 aromatic carbocycles. The molecule has 2 N–H and O–H groups in total. The van der Waals surface area contributed by atoms with Gasteiger partial charge in [-0.3, -0.25) is 4.79 Å². The fraction of sp³-hybridized carbons (Fsp3) is 0.615. The quantitative estimate of drug-likeness (QED) is 0.873. The zero-order valence-electron chi connectivity index (χ0n) is 11.2. The van der Waals surface area contributed by atoms with E-state index in [9.17, 15) is 4.79 Å². The van der Waals surface area contributed by atoms with E-state index in [2.05, 4.69) is 29.8 Å². The fourth-order valence-corrected chi connectivity index (χ4v) is 3.77. The molecule has 0 saturated carbocycles. The van der Waals surface area contributed by atoms with E-state index >= 15 is 0 Å². The summed E-state index contributed by atoms with van der Waals surface area (Å²) in [6.45, 7) is 5.83. The summed E-state index contributed by atoms with van der Waals surface area (Å²) in [4.78, 5) is 15.3. The second-order valence-electron chi connectivity index (χ2n) is 5.58. The molecule has 0 aliphatic carbocycles. The highest BCUT2D eigenvalue weighted by Crippen LogP contribution is 2.29. The van der Waals surface area contributed by atoms with Crippen LogP contribution in [0.1, 0.15) is 25.1 Å². The van der Waals surface area contributed by atoms with Gasteiger partial charge in [0.15, 0.2) is 0 Å². The summed E-state index contributed by atoms with van der Waals surface area (Å²) in [5, 5.41) is 0. The lowest BCUT2D eigenvalue weighted by molar-refractivity contribution is -0.133. The van der Waals surface area contributed by atoms with E-state index in [-0.39, 0.29) is 29.8 Å². The molecule has 0 spiro atoms. The lowest BCUT2D eigenvalue weighted by Crippen LogP contribution is -2.54. The third kappa shape index (κ3) is 4.18. The number of thiophene rings is 1. The molecule has 3 nitrogen and oxygen atoms in total. The van der Waals surface area contributed by atoms with Crippen molar-refractivity contribution in [2.24, 2.45) is 11.1 Å². The second kappa shape index (κ2) is 6.57. The predicted octanol–water partition coefficient (Wildman–Crippen LogP) is 3.06. The SMILES string of the molecule is CC1(C)CN(C(=O)Cc2ccc(Br)s2)CCC1N.Cl. The standard InChI is InChI=1S/C13H19BrN2OS.ClH/c1-13(2)8-16(6-5-10(13)15)12(17)7-9-3-4-11(14)18-9;/h3-4,10H,5-8,15H2,1-2H3;1H. The molecule has 1 atom stereocenters. The van der Waals surface area contributed by atoms with Crippen LogP contribution in [-0.4, -0.2) is 29.9 Å². The first-order chi connectivity index (χ1) is 8.38. The minimum Gasteiger partial charge on any atom is -0.342 e. The summed E-state index contributed by atoms with van der Waals surface area (Å²) in [7, 11) is 0. The summed E-state index contributed by atoms with van der Waals surface area (Å²) in [6, 6.07) is 4.19. The van der Waals surface area contributed by atoms with Crippen molar-refractivity contribution in [2.45, 2.75) is 32.7 Å². The number of carbonyl (C=O) groups excluding carboxylic acids is 1. The van der Waals surface area contributed by atoms with E-state index < -0.39 is 0 Å². The number of hydrogen-bond acceptors (Lipinski definition) is 3. The number of halogens is 2. The zero-order chi connectivity index (χ0) is 13.3. The monoisotopic (exact) mass is 366 g/mol. The molecule has 0 radical (unpaired) electrons. The maximum absolute atomic E-state index is 12.2. The van der Waals surface area contributed by atoms with Crippen LogP contribution in [0.3, 0.4) is 0 Å². The summed E-state index contributed by atoms with van der Waals surface area (Å²) in [5.74, 6) is 0.212. The van der Waals surface area contributed by atoms with Gasteiger partial charge in [-0.25, -0.2) is 0 Å². The van der Waals surface area contributed by atoms with Crippen LogP contribution < -0.4 is 5.73 Å². The smallest absolute Gasteiger partial charge is 0.227 e. The number of nitrogens with zero attached hydrogens (tertiary/aromatic N) is 1. The Morgan fingerprint density at radius 3 is 2.79 bits per heavy atom. The Bertz CT molecular complexity index is 450. The Hall–Kier alpha value is -0.100. The summed E-state index contributed by atoms with van der Waals surface area (Å²) < 4.78 is 1.08. The number of likely N-dealkylation sites (tertiary alicyclic amines) is 1. The molecule has 0 bridgehead atoms. The Morgan fingerprint density at radius 1 is 1.58 bits per heavy atom. The van der Waals surface area contributed by atoms with E-state index in [1.165, 1.54) is 0 Å². The molecular weight excluding hydrogens is 348 g/mol. The highest BCUT2D eigenvalue weighted by atomic mass is 79.9. The molecule has 1 aromatic heterocycles. The lowest BCUT2D eigenvalue weighted by Gasteiger charge is -2.42. The van der Waals surface area contributed by atoms with Gasteiger partial charge < -0.3 is 10.6 Å². The van der Waals surface area contributed by atoms with E-state index in [1.54, 1.807) is 11.3 Å². The Balaban J connectivity index is 0.00000180. The fourth-order valence-electron chi connectivity index (χ4n) is 2.29. The molecule has 1 amide bonds. The van der Waals surface area contributed by atoms with E-state index in [4.69, 9.17) is 5.73 Å². The maximum atomic E-state index is 12.2. The van der Waals surface area contributed by atoms with Crippen LogP contribution in [0.25, 0.3) is 0 Å². The van der Waals surface area contributed by atoms with E-state index in [1.807, 2.05) is 17.0 Å². The highest BCUT2D eigenvalue weighted by molar-refractivity contribution is 9.11. The molecule has 1 aromatic rings. The topological polar surface area (TPSA) is 46.3 Å². The van der Waals surface area contributed by atoms with Gasteiger partial charge in [-0.05, 0) is 39.9 Å². The van der Waals surface area contributed by atoms with Crippen LogP contribution in [0.5, 0.6) is 0 Å². The number of amides is 1. The van der Waals surface area contributed by atoms with Crippen LogP contribution in [0.15, 0.2) is 15.9 Å². The van der Waals surface area contributed by atoms with Gasteiger partial charge in [0.05, 0.1) is 10.2 Å². The van der Waals surface area contributed by atoms with Crippen molar-refractivity contribution in [1.82, 2.24) is 4.90 Å².